The third kappa shape index (κ3) is 8.36. The van der Waals surface area contributed by atoms with E-state index in [9.17, 15) is 0 Å². The van der Waals surface area contributed by atoms with Crippen LogP contribution in [0.4, 0.5) is 0 Å². The molecule has 0 fully saturated rings. The van der Waals surface area contributed by atoms with Crippen molar-refractivity contribution in [2.75, 3.05) is 7.11 Å². The standard InChI is InChI=1S/C48H42O4/c1-34-5-15-39(16-6-34)48(2,3)40-17-13-38(14-18-40)37-11-7-35(8-12-37)33-36-9-19-42(20-10-36)50-44-25-27-46(28-26-44)52-47-31-29-45(30-32-47)51-43-23-21-41(49-4)22-24-43/h5-32H,33H2,1-4H3. The van der Waals surface area contributed by atoms with Gasteiger partial charge in [0.1, 0.15) is 40.2 Å². The van der Waals surface area contributed by atoms with E-state index in [1.807, 2.05) is 84.9 Å². The molecule has 0 aromatic heterocycles. The van der Waals surface area contributed by atoms with Gasteiger partial charge in [-0.1, -0.05) is 104 Å². The van der Waals surface area contributed by atoms with E-state index in [0.717, 1.165) is 40.9 Å². The predicted molar refractivity (Wildman–Crippen MR) is 211 cm³/mol. The first-order valence-electron chi connectivity index (χ1n) is 17.5. The third-order valence-corrected chi connectivity index (χ3v) is 9.41. The molecule has 52 heavy (non-hydrogen) atoms. The molecule has 0 amide bonds. The zero-order valence-electron chi connectivity index (χ0n) is 30.0. The van der Waals surface area contributed by atoms with Gasteiger partial charge >= 0.3 is 0 Å². The molecule has 0 aliphatic carbocycles. The van der Waals surface area contributed by atoms with Crippen molar-refractivity contribution in [1.82, 2.24) is 0 Å². The average Bonchev–Trinajstić information content (AvgIpc) is 3.18. The fraction of sp³-hybridized carbons (Fsp3) is 0.125. The topological polar surface area (TPSA) is 36.9 Å². The molecule has 0 N–H and O–H groups in total. The number of rotatable bonds is 12. The molecule has 0 saturated heterocycles. The van der Waals surface area contributed by atoms with Gasteiger partial charge in [0.15, 0.2) is 0 Å². The molecule has 4 heteroatoms. The lowest BCUT2D eigenvalue weighted by atomic mass is 9.77. The molecule has 0 saturated carbocycles. The summed E-state index contributed by atoms with van der Waals surface area (Å²) >= 11 is 0. The van der Waals surface area contributed by atoms with Crippen molar-refractivity contribution in [3.63, 3.8) is 0 Å². The van der Waals surface area contributed by atoms with E-state index >= 15 is 0 Å². The van der Waals surface area contributed by atoms with Gasteiger partial charge in [-0.15, -0.1) is 0 Å². The molecule has 0 unspecified atom stereocenters. The number of ether oxygens (including phenoxy) is 4. The molecule has 7 aromatic rings. The summed E-state index contributed by atoms with van der Waals surface area (Å²) < 4.78 is 23.3. The van der Waals surface area contributed by atoms with Crippen LogP contribution in [-0.2, 0) is 11.8 Å². The van der Waals surface area contributed by atoms with E-state index in [1.165, 1.54) is 38.9 Å². The maximum Gasteiger partial charge on any atom is 0.127 e. The lowest BCUT2D eigenvalue weighted by Gasteiger charge is -2.26. The summed E-state index contributed by atoms with van der Waals surface area (Å²) in [7, 11) is 1.64. The molecule has 4 nitrogen and oxygen atoms in total. The Morgan fingerprint density at radius 3 is 1.02 bits per heavy atom. The minimum absolute atomic E-state index is 0.0543. The SMILES string of the molecule is COc1ccc(Oc2ccc(Oc3ccc(Oc4ccc(Cc5ccc(-c6ccc(C(C)(C)c7ccc(C)cc7)cc6)cc5)cc4)cc3)cc2)cc1. The normalized spacial score (nSPS) is 11.2. The summed E-state index contributed by atoms with van der Waals surface area (Å²) in [6, 6.07) is 57.6. The number of hydrogen-bond donors (Lipinski definition) is 0. The van der Waals surface area contributed by atoms with Crippen LogP contribution in [0.25, 0.3) is 11.1 Å². The molecule has 0 atom stereocenters. The second-order valence-electron chi connectivity index (χ2n) is 13.5. The Bertz CT molecular complexity index is 2180. The maximum atomic E-state index is 6.12. The Labute approximate surface area is 306 Å². The largest absolute Gasteiger partial charge is 0.497 e. The summed E-state index contributed by atoms with van der Waals surface area (Å²) in [5.74, 6) is 5.21. The Morgan fingerprint density at radius 1 is 0.365 bits per heavy atom. The van der Waals surface area contributed by atoms with Gasteiger partial charge in [0.25, 0.3) is 0 Å². The molecule has 0 aliphatic heterocycles. The van der Waals surface area contributed by atoms with Crippen molar-refractivity contribution in [2.45, 2.75) is 32.6 Å². The number of aryl methyl sites for hydroxylation is 1. The molecular weight excluding hydrogens is 641 g/mol. The number of benzene rings is 7. The van der Waals surface area contributed by atoms with Crippen LogP contribution in [0.1, 0.15) is 41.7 Å². The molecule has 7 aromatic carbocycles. The zero-order valence-corrected chi connectivity index (χ0v) is 30.0. The van der Waals surface area contributed by atoms with Crippen molar-refractivity contribution in [1.29, 1.82) is 0 Å². The Hall–Kier alpha value is -6.26. The quantitative estimate of drug-likeness (QED) is 0.129. The first kappa shape index (κ1) is 34.2. The first-order chi connectivity index (χ1) is 25.3. The highest BCUT2D eigenvalue weighted by Gasteiger charge is 2.22. The lowest BCUT2D eigenvalue weighted by Crippen LogP contribution is -2.18. The van der Waals surface area contributed by atoms with Gasteiger partial charge < -0.3 is 18.9 Å². The third-order valence-electron chi connectivity index (χ3n) is 9.41. The summed E-state index contributed by atoms with van der Waals surface area (Å²) in [6.07, 6.45) is 0.852. The second-order valence-corrected chi connectivity index (χ2v) is 13.5. The Balaban J connectivity index is 0.899. The summed E-state index contributed by atoms with van der Waals surface area (Å²) in [5, 5.41) is 0. The highest BCUT2D eigenvalue weighted by atomic mass is 16.5. The van der Waals surface area contributed by atoms with Crippen LogP contribution in [-0.4, -0.2) is 7.11 Å². The van der Waals surface area contributed by atoms with Crippen molar-refractivity contribution in [2.24, 2.45) is 0 Å². The van der Waals surface area contributed by atoms with E-state index < -0.39 is 0 Å². The van der Waals surface area contributed by atoms with Crippen LogP contribution in [0.5, 0.6) is 40.2 Å². The Morgan fingerprint density at radius 2 is 0.654 bits per heavy atom. The minimum atomic E-state index is -0.0543. The van der Waals surface area contributed by atoms with Gasteiger partial charge in [-0.2, -0.15) is 0 Å². The van der Waals surface area contributed by atoms with Gasteiger partial charge in [0, 0.05) is 5.41 Å². The van der Waals surface area contributed by atoms with E-state index in [0.29, 0.717) is 5.75 Å². The zero-order chi connectivity index (χ0) is 35.9. The molecule has 0 spiro atoms. The number of hydrogen-bond acceptors (Lipinski definition) is 4. The molecule has 0 radical (unpaired) electrons. The summed E-state index contributed by atoms with van der Waals surface area (Å²) in [5.41, 5.74) is 8.81. The predicted octanol–water partition coefficient (Wildman–Crippen LogP) is 13.0. The fourth-order valence-electron chi connectivity index (χ4n) is 6.15. The number of methoxy groups -OCH3 is 1. The highest BCUT2D eigenvalue weighted by Crippen LogP contribution is 2.34. The van der Waals surface area contributed by atoms with Crippen molar-refractivity contribution >= 4 is 0 Å². The molecule has 0 heterocycles. The summed E-state index contributed by atoms with van der Waals surface area (Å²) in [4.78, 5) is 0. The monoisotopic (exact) mass is 682 g/mol. The van der Waals surface area contributed by atoms with Gasteiger partial charge in [0.05, 0.1) is 7.11 Å². The van der Waals surface area contributed by atoms with Crippen LogP contribution in [0, 0.1) is 6.92 Å². The van der Waals surface area contributed by atoms with Crippen molar-refractivity contribution in [3.05, 3.63) is 198 Å². The first-order valence-corrected chi connectivity index (χ1v) is 17.5. The van der Waals surface area contributed by atoms with Gasteiger partial charge in [-0.3, -0.25) is 0 Å². The smallest absolute Gasteiger partial charge is 0.127 e. The van der Waals surface area contributed by atoms with Crippen LogP contribution < -0.4 is 18.9 Å². The van der Waals surface area contributed by atoms with E-state index in [4.69, 9.17) is 18.9 Å². The van der Waals surface area contributed by atoms with Crippen molar-refractivity contribution in [3.8, 4) is 51.4 Å². The average molecular weight is 683 g/mol. The highest BCUT2D eigenvalue weighted by molar-refractivity contribution is 5.64. The molecule has 0 aliphatic rings. The van der Waals surface area contributed by atoms with Gasteiger partial charge in [-0.05, 0) is 132 Å². The van der Waals surface area contributed by atoms with Crippen LogP contribution in [0.2, 0.25) is 0 Å². The van der Waals surface area contributed by atoms with E-state index in [1.54, 1.807) is 7.11 Å². The maximum absolute atomic E-state index is 6.12. The van der Waals surface area contributed by atoms with Crippen LogP contribution >= 0.6 is 0 Å². The van der Waals surface area contributed by atoms with E-state index in [-0.39, 0.29) is 5.41 Å². The van der Waals surface area contributed by atoms with E-state index in [2.05, 4.69) is 106 Å². The summed E-state index contributed by atoms with van der Waals surface area (Å²) in [6.45, 7) is 6.71. The van der Waals surface area contributed by atoms with Gasteiger partial charge in [0.2, 0.25) is 0 Å². The molecular formula is C48H42O4. The van der Waals surface area contributed by atoms with Gasteiger partial charge in [-0.25, -0.2) is 0 Å². The fourth-order valence-corrected chi connectivity index (χ4v) is 6.15. The Kier molecular flexibility index (Phi) is 10.1. The molecule has 258 valence electrons. The second kappa shape index (κ2) is 15.3. The molecule has 0 bridgehead atoms. The van der Waals surface area contributed by atoms with Crippen molar-refractivity contribution < 1.29 is 18.9 Å². The lowest BCUT2D eigenvalue weighted by molar-refractivity contribution is 0.413. The minimum Gasteiger partial charge on any atom is -0.497 e. The molecule has 7 rings (SSSR count). The van der Waals surface area contributed by atoms with Crippen LogP contribution in [0.3, 0.4) is 0 Å². The van der Waals surface area contributed by atoms with Crippen LogP contribution in [0.15, 0.2) is 170 Å².